The van der Waals surface area contributed by atoms with Crippen molar-refractivity contribution in [3.8, 4) is 0 Å². The van der Waals surface area contributed by atoms with Crippen LogP contribution in [0, 0.1) is 0 Å². The van der Waals surface area contributed by atoms with Crippen LogP contribution in [0.5, 0.6) is 0 Å². The van der Waals surface area contributed by atoms with Gasteiger partial charge in [-0.2, -0.15) is 0 Å². The maximum Gasteiger partial charge on any atom is 0.293 e. The largest absolute Gasteiger partial charge is 0.348 e. The first-order chi connectivity index (χ1) is 12.7. The van der Waals surface area contributed by atoms with Gasteiger partial charge in [0.1, 0.15) is 0 Å². The SMILES string of the molecule is CCn1cccc1/C=C1/SC(=O)N(Cc2cccc3ccccc23)C1=O. The number of carbonyl (C=O) groups is 2. The Morgan fingerprint density at radius 3 is 2.65 bits per heavy atom. The van der Waals surface area contributed by atoms with Gasteiger partial charge in [-0.3, -0.25) is 14.5 Å². The van der Waals surface area contributed by atoms with E-state index >= 15 is 0 Å². The zero-order valence-electron chi connectivity index (χ0n) is 14.4. The molecule has 0 radical (unpaired) electrons. The lowest BCUT2D eigenvalue weighted by molar-refractivity contribution is -0.123. The highest BCUT2D eigenvalue weighted by Crippen LogP contribution is 2.34. The molecule has 4 rings (SSSR count). The van der Waals surface area contributed by atoms with Crippen LogP contribution in [0.15, 0.2) is 65.7 Å². The molecule has 1 saturated heterocycles. The van der Waals surface area contributed by atoms with Crippen molar-refractivity contribution in [2.45, 2.75) is 20.0 Å². The molecule has 0 N–H and O–H groups in total. The number of nitrogens with zero attached hydrogens (tertiary/aromatic N) is 2. The van der Waals surface area contributed by atoms with E-state index in [0.29, 0.717) is 4.91 Å². The average molecular weight is 362 g/mol. The summed E-state index contributed by atoms with van der Waals surface area (Å²) in [5.74, 6) is -0.225. The monoisotopic (exact) mass is 362 g/mol. The lowest BCUT2D eigenvalue weighted by atomic mass is 10.0. The number of hydrogen-bond donors (Lipinski definition) is 0. The molecular weight excluding hydrogens is 344 g/mol. The molecule has 0 spiro atoms. The Balaban J connectivity index is 1.64. The third-order valence-corrected chi connectivity index (χ3v) is 5.47. The summed E-state index contributed by atoms with van der Waals surface area (Å²) in [6, 6.07) is 17.9. The summed E-state index contributed by atoms with van der Waals surface area (Å²) in [5.41, 5.74) is 1.91. The summed E-state index contributed by atoms with van der Waals surface area (Å²) in [6.45, 7) is 3.15. The molecule has 1 aromatic heterocycles. The number of amides is 2. The van der Waals surface area contributed by atoms with E-state index in [9.17, 15) is 9.59 Å². The average Bonchev–Trinajstić information content (AvgIpc) is 3.21. The molecule has 0 unspecified atom stereocenters. The van der Waals surface area contributed by atoms with Gasteiger partial charge in [0.2, 0.25) is 0 Å². The smallest absolute Gasteiger partial charge is 0.293 e. The number of hydrogen-bond acceptors (Lipinski definition) is 3. The van der Waals surface area contributed by atoms with E-state index < -0.39 is 0 Å². The van der Waals surface area contributed by atoms with Crippen LogP contribution in [0.25, 0.3) is 16.8 Å². The number of carbonyl (C=O) groups excluding carboxylic acids is 2. The van der Waals surface area contributed by atoms with Crippen LogP contribution in [-0.4, -0.2) is 20.6 Å². The molecule has 1 fully saturated rings. The van der Waals surface area contributed by atoms with E-state index in [0.717, 1.165) is 40.3 Å². The summed E-state index contributed by atoms with van der Waals surface area (Å²) in [6.07, 6.45) is 3.77. The first-order valence-corrected chi connectivity index (χ1v) is 9.36. The van der Waals surface area contributed by atoms with E-state index in [1.54, 1.807) is 6.08 Å². The number of thioether (sulfide) groups is 1. The van der Waals surface area contributed by atoms with Crippen LogP contribution in [-0.2, 0) is 17.9 Å². The van der Waals surface area contributed by atoms with Crippen molar-refractivity contribution in [2.75, 3.05) is 0 Å². The van der Waals surface area contributed by atoms with Crippen molar-refractivity contribution in [3.63, 3.8) is 0 Å². The Bertz CT molecular complexity index is 1030. The van der Waals surface area contributed by atoms with Gasteiger partial charge in [-0.15, -0.1) is 0 Å². The molecule has 3 aromatic rings. The van der Waals surface area contributed by atoms with Crippen molar-refractivity contribution in [3.05, 3.63) is 77.0 Å². The normalized spacial score (nSPS) is 16.2. The minimum absolute atomic E-state index is 0.219. The summed E-state index contributed by atoms with van der Waals surface area (Å²) < 4.78 is 2.04. The summed E-state index contributed by atoms with van der Waals surface area (Å²) in [7, 11) is 0. The minimum atomic E-state index is -0.225. The molecule has 0 bridgehead atoms. The Morgan fingerprint density at radius 2 is 1.81 bits per heavy atom. The third-order valence-electron chi connectivity index (χ3n) is 4.57. The predicted molar refractivity (Wildman–Crippen MR) is 106 cm³/mol. The molecule has 26 heavy (non-hydrogen) atoms. The van der Waals surface area contributed by atoms with Crippen LogP contribution in [0.4, 0.5) is 4.79 Å². The van der Waals surface area contributed by atoms with Gasteiger partial charge in [0.25, 0.3) is 11.1 Å². The van der Waals surface area contributed by atoms with E-state index in [-0.39, 0.29) is 17.7 Å². The van der Waals surface area contributed by atoms with Gasteiger partial charge in [0.05, 0.1) is 11.4 Å². The van der Waals surface area contributed by atoms with Crippen LogP contribution in [0.3, 0.4) is 0 Å². The number of aromatic nitrogens is 1. The zero-order chi connectivity index (χ0) is 18.1. The second-order valence-corrected chi connectivity index (χ2v) is 7.12. The molecule has 2 amide bonds. The van der Waals surface area contributed by atoms with Crippen molar-refractivity contribution in [1.29, 1.82) is 0 Å². The Kier molecular flexibility index (Phi) is 4.39. The highest BCUT2D eigenvalue weighted by atomic mass is 32.2. The zero-order valence-corrected chi connectivity index (χ0v) is 15.2. The van der Waals surface area contributed by atoms with E-state index in [4.69, 9.17) is 0 Å². The van der Waals surface area contributed by atoms with Crippen molar-refractivity contribution >= 4 is 39.8 Å². The molecule has 2 heterocycles. The number of benzene rings is 2. The lowest BCUT2D eigenvalue weighted by Gasteiger charge is -2.14. The Morgan fingerprint density at radius 1 is 1.00 bits per heavy atom. The molecule has 5 heteroatoms. The fourth-order valence-corrected chi connectivity index (χ4v) is 4.04. The standard InChI is InChI=1S/C21H18N2O2S/c1-2-22-12-6-10-17(22)13-19-20(24)23(21(25)26-19)14-16-9-5-8-15-7-3-4-11-18(15)16/h3-13H,2,14H2,1H3/b19-13+. The first-order valence-electron chi connectivity index (χ1n) is 8.54. The minimum Gasteiger partial charge on any atom is -0.348 e. The summed E-state index contributed by atoms with van der Waals surface area (Å²) >= 11 is 1.01. The molecule has 0 atom stereocenters. The Labute approximate surface area is 156 Å². The molecule has 2 aromatic carbocycles. The number of imide groups is 1. The third kappa shape index (κ3) is 2.95. The van der Waals surface area contributed by atoms with Crippen LogP contribution in [0.1, 0.15) is 18.2 Å². The fourth-order valence-electron chi connectivity index (χ4n) is 3.22. The maximum atomic E-state index is 12.8. The number of fused-ring (bicyclic) bond motifs is 1. The predicted octanol–water partition coefficient (Wildman–Crippen LogP) is 4.90. The molecule has 1 aliphatic heterocycles. The van der Waals surface area contributed by atoms with Gasteiger partial charge in [-0.1, -0.05) is 42.5 Å². The van der Waals surface area contributed by atoms with Gasteiger partial charge < -0.3 is 4.57 Å². The van der Waals surface area contributed by atoms with Crippen LogP contribution < -0.4 is 0 Å². The molecule has 0 saturated carbocycles. The van der Waals surface area contributed by atoms with E-state index in [1.165, 1.54) is 4.90 Å². The first kappa shape index (κ1) is 16.7. The highest BCUT2D eigenvalue weighted by molar-refractivity contribution is 8.18. The van der Waals surface area contributed by atoms with Crippen molar-refractivity contribution in [2.24, 2.45) is 0 Å². The van der Waals surface area contributed by atoms with Crippen LogP contribution >= 0.6 is 11.8 Å². The summed E-state index contributed by atoms with van der Waals surface area (Å²) in [4.78, 5) is 27.0. The van der Waals surface area contributed by atoms with Gasteiger partial charge in [-0.25, -0.2) is 0 Å². The quantitative estimate of drug-likeness (QED) is 0.620. The molecule has 130 valence electrons. The second-order valence-electron chi connectivity index (χ2n) is 6.13. The highest BCUT2D eigenvalue weighted by Gasteiger charge is 2.35. The van der Waals surface area contributed by atoms with Gasteiger partial charge in [-0.05, 0) is 53.2 Å². The lowest BCUT2D eigenvalue weighted by Crippen LogP contribution is -2.27. The molecule has 4 nitrogen and oxygen atoms in total. The number of rotatable bonds is 4. The topological polar surface area (TPSA) is 42.3 Å². The maximum absolute atomic E-state index is 12.8. The van der Waals surface area contributed by atoms with Crippen molar-refractivity contribution < 1.29 is 9.59 Å². The van der Waals surface area contributed by atoms with Gasteiger partial charge in [0.15, 0.2) is 0 Å². The van der Waals surface area contributed by atoms with Crippen LogP contribution in [0.2, 0.25) is 0 Å². The van der Waals surface area contributed by atoms with E-state index in [1.807, 2.05) is 72.3 Å². The molecule has 1 aliphatic rings. The molecular formula is C21H18N2O2S. The fraction of sp³-hybridized carbons (Fsp3) is 0.143. The van der Waals surface area contributed by atoms with Gasteiger partial charge in [0, 0.05) is 18.4 Å². The van der Waals surface area contributed by atoms with E-state index in [2.05, 4.69) is 0 Å². The van der Waals surface area contributed by atoms with Crippen molar-refractivity contribution in [1.82, 2.24) is 9.47 Å². The van der Waals surface area contributed by atoms with Gasteiger partial charge >= 0.3 is 0 Å². The number of aryl methyl sites for hydroxylation is 1. The molecule has 0 aliphatic carbocycles. The summed E-state index contributed by atoms with van der Waals surface area (Å²) in [5, 5.41) is 1.95. The second kappa shape index (κ2) is 6.84. The Hall–Kier alpha value is -2.79.